The number of thiazole rings is 3. The van der Waals surface area contributed by atoms with Gasteiger partial charge in [-0.25, -0.2) is 43.9 Å². The Morgan fingerprint density at radius 3 is 1.19 bits per heavy atom. The van der Waals surface area contributed by atoms with Gasteiger partial charge in [-0.3, -0.25) is 0 Å². The molecule has 2 unspecified atom stereocenters. The van der Waals surface area contributed by atoms with E-state index < -0.39 is 17.5 Å². The lowest BCUT2D eigenvalue weighted by Gasteiger charge is -2.10. The number of hydrogen-bond acceptors (Lipinski definition) is 16. The number of hydrogen-bond donors (Lipinski definition) is 1. The molecule has 2 atom stereocenters. The molecule has 0 spiro atoms. The van der Waals surface area contributed by atoms with E-state index in [2.05, 4.69) is 43.3 Å². The zero-order valence-corrected chi connectivity index (χ0v) is 48.6. The van der Waals surface area contributed by atoms with E-state index in [0.717, 1.165) is 23.1 Å². The van der Waals surface area contributed by atoms with E-state index in [1.807, 2.05) is 52.8 Å². The minimum Gasteiger partial charge on any atom is -0.504 e. The molecule has 77 heavy (non-hydrogen) atoms. The van der Waals surface area contributed by atoms with Crippen molar-refractivity contribution in [2.45, 2.75) is 95.1 Å². The van der Waals surface area contributed by atoms with E-state index in [4.69, 9.17) is 64.8 Å². The minimum absolute atomic E-state index is 0.0369. The number of nitrogens with zero attached hydrogens (tertiary/aromatic N) is 6. The number of halogens is 1. The summed E-state index contributed by atoms with van der Waals surface area (Å²) in [6, 6.07) is 16.1. The maximum absolute atomic E-state index is 12.3. The van der Waals surface area contributed by atoms with Crippen molar-refractivity contribution >= 4 is 80.6 Å². The van der Waals surface area contributed by atoms with E-state index in [0.29, 0.717) is 125 Å². The van der Waals surface area contributed by atoms with Gasteiger partial charge >= 0.3 is 17.9 Å². The monoisotopic (exact) mass is 1120 g/mol. The summed E-state index contributed by atoms with van der Waals surface area (Å²) in [5, 5.41) is 11.0. The van der Waals surface area contributed by atoms with Crippen LogP contribution >= 0.6 is 45.6 Å². The van der Waals surface area contributed by atoms with Gasteiger partial charge in [0, 0.05) is 29.2 Å². The maximum atomic E-state index is 12.3. The van der Waals surface area contributed by atoms with Gasteiger partial charge in [-0.15, -0.1) is 34.0 Å². The van der Waals surface area contributed by atoms with Gasteiger partial charge in [0.2, 0.25) is 17.1 Å². The Labute approximate surface area is 468 Å². The zero-order chi connectivity index (χ0) is 56.9. The lowest BCUT2D eigenvalue weighted by molar-refractivity contribution is 0.0407. The van der Waals surface area contributed by atoms with Gasteiger partial charge in [-0.1, -0.05) is 85.2 Å². The number of aryl methyl sites for hydroxylation is 3. The van der Waals surface area contributed by atoms with E-state index in [1.165, 1.54) is 34.0 Å². The van der Waals surface area contributed by atoms with E-state index >= 15 is 0 Å². The first-order valence-electron chi connectivity index (χ1n) is 24.8. The molecular weight excluding hydrogens is 1060 g/mol. The molecule has 0 aliphatic carbocycles. The van der Waals surface area contributed by atoms with Crippen molar-refractivity contribution in [2.24, 2.45) is 23.7 Å². The molecule has 0 bridgehead atoms. The Morgan fingerprint density at radius 2 is 0.896 bits per heavy atom. The Balaban J connectivity index is 0.000000250. The molecule has 408 valence electrons. The third kappa shape index (κ3) is 18.9. The van der Waals surface area contributed by atoms with Crippen molar-refractivity contribution in [3.63, 3.8) is 0 Å². The number of esters is 3. The average Bonchev–Trinajstić information content (AvgIpc) is 4.13. The predicted molar refractivity (Wildman–Crippen MR) is 304 cm³/mol. The molecule has 6 rings (SSSR count). The Bertz CT molecular complexity index is 3090. The number of ether oxygens (including phenoxy) is 6. The van der Waals surface area contributed by atoms with E-state index in [1.54, 1.807) is 71.0 Å². The number of rotatable bonds is 21. The zero-order valence-electron chi connectivity index (χ0n) is 45.4. The van der Waals surface area contributed by atoms with Gasteiger partial charge in [0.15, 0.2) is 5.56 Å². The molecule has 0 aliphatic heterocycles. The third-order valence-corrected chi connectivity index (χ3v) is 13.8. The first-order valence-corrected chi connectivity index (χ1v) is 27.7. The number of aromatic nitrogens is 3. The summed E-state index contributed by atoms with van der Waals surface area (Å²) in [5.74, 6) is 1.41. The van der Waals surface area contributed by atoms with Crippen LogP contribution in [0.2, 0.25) is 0 Å². The summed E-state index contributed by atoms with van der Waals surface area (Å²) in [7, 11) is 0. The first kappa shape index (κ1) is 62.6. The number of carbonyl (C=O) groups is 3. The molecule has 0 amide bonds. The van der Waals surface area contributed by atoms with Crippen LogP contribution in [0.5, 0.6) is 17.2 Å². The van der Waals surface area contributed by atoms with Crippen LogP contribution in [0.4, 0.5) is 17.1 Å². The minimum atomic E-state index is -0.705. The second-order valence-electron chi connectivity index (χ2n) is 18.8. The van der Waals surface area contributed by atoms with E-state index in [9.17, 15) is 14.4 Å². The molecule has 3 aromatic carbocycles. The third-order valence-electron chi connectivity index (χ3n) is 10.2. The topological polar surface area (TPSA) is 179 Å². The van der Waals surface area contributed by atoms with Gasteiger partial charge in [0.05, 0.1) is 69.8 Å². The van der Waals surface area contributed by atoms with Crippen LogP contribution in [0.1, 0.15) is 115 Å². The lowest BCUT2D eigenvalue weighted by atomic mass is 10.2. The number of alkyl halides is 1. The lowest BCUT2D eigenvalue weighted by Crippen LogP contribution is -2.14. The molecule has 0 radical (unpaired) electrons. The van der Waals surface area contributed by atoms with Gasteiger partial charge in [0.1, 0.15) is 46.9 Å². The van der Waals surface area contributed by atoms with Crippen LogP contribution in [0.25, 0.3) is 46.2 Å². The molecule has 16 nitrogen and oxygen atoms in total. The van der Waals surface area contributed by atoms with Gasteiger partial charge in [-0.2, -0.15) is 0 Å². The Kier molecular flexibility index (Phi) is 25.0. The molecule has 3 aromatic heterocycles. The fourth-order valence-electron chi connectivity index (χ4n) is 6.27. The number of aliphatic hydroxyl groups is 1. The molecule has 0 saturated carbocycles. The quantitative estimate of drug-likeness (QED) is 0.0312. The molecule has 6 aromatic rings. The van der Waals surface area contributed by atoms with Gasteiger partial charge < -0.3 is 33.5 Å². The molecule has 1 N–H and O–H groups in total. The maximum Gasteiger partial charge on any atom is 0.351 e. The highest BCUT2D eigenvalue weighted by molar-refractivity contribution is 7.17. The standard InChI is InChI=1S/C20H24N2O4S.C19H22N2O3S.C18H19ClN2O3S/c1-12(2)10-25-17-7-6-15(8-16(17)21-5)19-22-14(4)18(27-19)20(24)26-11-13(3)9-23;1-6-9-23-19(22)17-13(4)21-18(25-17)14-7-8-16(15(10-14)20-5)24-11-12(2)3;1-10(2)9-23-15-7-6-13(8-14(15)20-5)17-21-11(3)16(25-17)18(22)24-12(4)19/h6-8,12-13,23H,9-11H2,1-4H3;7-8,10,12H,6,9,11H2,1-4H3;6-8,10,12H,9H2,1-4H3. The average molecular weight is 1130 g/mol. The van der Waals surface area contributed by atoms with Crippen LogP contribution in [0.15, 0.2) is 54.6 Å². The fraction of sp³-hybridized carbons (Fsp3) is 0.421. The fourth-order valence-corrected chi connectivity index (χ4v) is 9.21. The largest absolute Gasteiger partial charge is 0.504 e. The second kappa shape index (κ2) is 30.7. The second-order valence-corrected chi connectivity index (χ2v) is 22.4. The molecular formula is C57H65ClN6O10S3. The van der Waals surface area contributed by atoms with Crippen molar-refractivity contribution in [1.82, 2.24) is 15.0 Å². The van der Waals surface area contributed by atoms with Crippen molar-refractivity contribution in [2.75, 3.05) is 39.6 Å². The Morgan fingerprint density at radius 1 is 0.558 bits per heavy atom. The van der Waals surface area contributed by atoms with E-state index in [-0.39, 0.29) is 25.1 Å². The SMILES string of the molecule is [C-]#[N+]c1cc(-c2nc(C)c(C(=O)OC(C)Cl)s2)ccc1OCC(C)C.[C-]#[N+]c1cc(-c2nc(C)c(C(=O)OCC(C)CO)s2)ccc1OCC(C)C.[C-]#[N+]c1cc(-c2nc(C)c(C(=O)OCCC)s2)ccc1OCC(C)C. The summed E-state index contributed by atoms with van der Waals surface area (Å²) in [4.78, 5) is 61.7. The highest BCUT2D eigenvalue weighted by Gasteiger charge is 2.22. The Hall–Kier alpha value is -6.92. The van der Waals surface area contributed by atoms with Crippen molar-refractivity contribution in [1.29, 1.82) is 0 Å². The molecule has 0 fully saturated rings. The first-order chi connectivity index (χ1) is 36.6. The van der Waals surface area contributed by atoms with Crippen LogP contribution < -0.4 is 14.2 Å². The van der Waals surface area contributed by atoms with Gasteiger partial charge in [-0.05, 0) is 88.3 Å². The predicted octanol–water partition coefficient (Wildman–Crippen LogP) is 15.2. The summed E-state index contributed by atoms with van der Waals surface area (Å²) >= 11 is 9.44. The number of benzene rings is 3. The molecule has 3 heterocycles. The van der Waals surface area contributed by atoms with Crippen LogP contribution in [-0.2, 0) is 14.2 Å². The van der Waals surface area contributed by atoms with Crippen LogP contribution in [0.3, 0.4) is 0 Å². The smallest absolute Gasteiger partial charge is 0.351 e. The summed E-state index contributed by atoms with van der Waals surface area (Å²) < 4.78 is 32.5. The van der Waals surface area contributed by atoms with Crippen molar-refractivity contribution in [3.8, 4) is 49.0 Å². The van der Waals surface area contributed by atoms with Crippen molar-refractivity contribution < 1.29 is 47.9 Å². The molecule has 20 heteroatoms. The summed E-state index contributed by atoms with van der Waals surface area (Å²) in [6.45, 7) is 47.2. The summed E-state index contributed by atoms with van der Waals surface area (Å²) in [6.07, 6.45) is 0.780. The molecule has 0 saturated heterocycles. The highest BCUT2D eigenvalue weighted by atomic mass is 35.5. The normalized spacial score (nSPS) is 11.5. The van der Waals surface area contributed by atoms with Gasteiger partial charge in [0.25, 0.3) is 0 Å². The number of carbonyl (C=O) groups excluding carboxylic acids is 3. The summed E-state index contributed by atoms with van der Waals surface area (Å²) in [5.41, 5.74) is 4.70. The number of aliphatic hydroxyl groups excluding tert-OH is 1. The van der Waals surface area contributed by atoms with Crippen LogP contribution in [-0.4, -0.2) is 83.2 Å². The van der Waals surface area contributed by atoms with Crippen LogP contribution in [0, 0.1) is 64.2 Å². The highest BCUT2D eigenvalue weighted by Crippen LogP contribution is 2.39. The van der Waals surface area contributed by atoms with Crippen molar-refractivity contribution in [3.05, 3.63) is 121 Å². The molecule has 0 aliphatic rings.